The van der Waals surface area contributed by atoms with Gasteiger partial charge < -0.3 is 25.3 Å². The van der Waals surface area contributed by atoms with Crippen molar-refractivity contribution < 1.29 is 14.3 Å². The molecule has 170 valence electrons. The molecule has 1 fully saturated rings. The average molecular weight is 431 g/mol. The molecule has 1 saturated heterocycles. The van der Waals surface area contributed by atoms with Gasteiger partial charge in [0.05, 0.1) is 16.7 Å². The summed E-state index contributed by atoms with van der Waals surface area (Å²) in [6.45, 7) is 9.53. The second-order valence-corrected chi connectivity index (χ2v) is 9.11. The summed E-state index contributed by atoms with van der Waals surface area (Å²) in [4.78, 5) is 32.3. The Kier molecular flexibility index (Phi) is 6.62. The molecule has 1 aromatic carbocycles. The van der Waals surface area contributed by atoms with Gasteiger partial charge in [-0.05, 0) is 59.1 Å². The maximum Gasteiger partial charge on any atom is 0.407 e. The third-order valence-electron chi connectivity index (χ3n) is 5.38. The van der Waals surface area contributed by atoms with E-state index in [1.807, 2.05) is 50.6 Å². The van der Waals surface area contributed by atoms with Crippen LogP contribution in [0.5, 0.6) is 0 Å². The predicted octanol–water partition coefficient (Wildman–Crippen LogP) is 3.75. The summed E-state index contributed by atoms with van der Waals surface area (Å²) >= 11 is 0. The number of para-hydroxylation sites is 1. The lowest BCUT2D eigenvalue weighted by atomic mass is 10.1. The van der Waals surface area contributed by atoms with Gasteiger partial charge in [0.1, 0.15) is 5.60 Å². The van der Waals surface area contributed by atoms with Crippen LogP contribution in [0.4, 0.5) is 21.2 Å². The van der Waals surface area contributed by atoms with E-state index in [1.54, 1.807) is 9.80 Å². The fraction of sp³-hybridized carbons (Fsp3) is 0.591. The van der Waals surface area contributed by atoms with Gasteiger partial charge in [0.15, 0.2) is 0 Å². The number of nitrogens with two attached hydrogens (primary N) is 1. The fourth-order valence-electron chi connectivity index (χ4n) is 3.88. The van der Waals surface area contributed by atoms with Crippen LogP contribution in [0.2, 0.25) is 0 Å². The maximum absolute atomic E-state index is 12.6. The van der Waals surface area contributed by atoms with E-state index >= 15 is 0 Å². The van der Waals surface area contributed by atoms with Crippen molar-refractivity contribution in [1.82, 2.24) is 19.8 Å². The molecule has 0 saturated carbocycles. The number of amides is 3. The molecule has 9 nitrogen and oxygen atoms in total. The number of alkyl carbamates (subject to hydrolysis) is 1. The van der Waals surface area contributed by atoms with E-state index in [-0.39, 0.29) is 12.1 Å². The minimum atomic E-state index is -0.498. The number of ether oxygens (including phenoxy) is 1. The van der Waals surface area contributed by atoms with E-state index in [9.17, 15) is 9.59 Å². The first kappa shape index (κ1) is 22.7. The molecule has 3 N–H and O–H groups in total. The minimum Gasteiger partial charge on any atom is -0.444 e. The third kappa shape index (κ3) is 5.21. The highest BCUT2D eigenvalue weighted by Crippen LogP contribution is 2.34. The molecule has 1 aromatic heterocycles. The number of fused-ring (bicyclic) bond motifs is 1. The number of carbonyl (C=O) groups is 2. The Labute approximate surface area is 183 Å². The molecule has 0 unspecified atom stereocenters. The first-order valence-corrected chi connectivity index (χ1v) is 10.8. The standard InChI is InChI=1S/C22H34N6O3/c1-15(9-6-7-12-24-20(29)31-22(2,3)4)28-18-16(25-19(28)23)10-8-11-17(18)27-14-13-26(5)21(27)30/h8,10-11,15H,6-7,9,12-14H2,1-5H3,(H2,23,25)(H,24,29)/t15-/m1/s1. The van der Waals surface area contributed by atoms with Gasteiger partial charge in [-0.15, -0.1) is 0 Å². The van der Waals surface area contributed by atoms with Crippen molar-refractivity contribution >= 4 is 34.8 Å². The molecule has 2 aromatic rings. The second kappa shape index (κ2) is 9.03. The summed E-state index contributed by atoms with van der Waals surface area (Å²) in [6, 6.07) is 5.87. The first-order valence-electron chi connectivity index (χ1n) is 10.8. The second-order valence-electron chi connectivity index (χ2n) is 9.11. The predicted molar refractivity (Wildman–Crippen MR) is 122 cm³/mol. The highest BCUT2D eigenvalue weighted by Gasteiger charge is 2.29. The number of nitrogens with zero attached hydrogens (tertiary/aromatic N) is 4. The molecule has 0 bridgehead atoms. The van der Waals surface area contributed by atoms with Crippen LogP contribution in [0.25, 0.3) is 11.0 Å². The Morgan fingerprint density at radius 1 is 1.29 bits per heavy atom. The SMILES string of the molecule is C[C@H](CCCCNC(=O)OC(C)(C)C)n1c(N)nc2cccc(N3CCN(C)C3=O)c21. The largest absolute Gasteiger partial charge is 0.444 e. The first-order chi connectivity index (χ1) is 14.6. The number of unbranched alkanes of at least 4 members (excludes halogenated alkanes) is 1. The van der Waals surface area contributed by atoms with Gasteiger partial charge in [-0.25, -0.2) is 14.6 Å². The van der Waals surface area contributed by atoms with Gasteiger partial charge in [-0.3, -0.25) is 4.90 Å². The molecule has 1 aliphatic rings. The molecule has 9 heteroatoms. The van der Waals surface area contributed by atoms with Crippen molar-refractivity contribution in [3.05, 3.63) is 18.2 Å². The van der Waals surface area contributed by atoms with E-state index in [4.69, 9.17) is 10.5 Å². The molecule has 31 heavy (non-hydrogen) atoms. The number of anilines is 2. The van der Waals surface area contributed by atoms with Crippen molar-refractivity contribution in [2.24, 2.45) is 0 Å². The number of imidazole rings is 1. The lowest BCUT2D eigenvalue weighted by Gasteiger charge is -2.22. The molecule has 0 radical (unpaired) electrons. The van der Waals surface area contributed by atoms with Crippen molar-refractivity contribution in [3.8, 4) is 0 Å². The zero-order valence-electron chi connectivity index (χ0n) is 19.1. The smallest absolute Gasteiger partial charge is 0.407 e. The number of aromatic nitrogens is 2. The van der Waals surface area contributed by atoms with Crippen LogP contribution in [-0.2, 0) is 4.74 Å². The molecule has 1 atom stereocenters. The van der Waals surface area contributed by atoms with Crippen LogP contribution in [-0.4, -0.2) is 58.9 Å². The van der Waals surface area contributed by atoms with E-state index in [2.05, 4.69) is 17.2 Å². The molecule has 3 amide bonds. The van der Waals surface area contributed by atoms with Gasteiger partial charge in [0, 0.05) is 32.7 Å². The van der Waals surface area contributed by atoms with Gasteiger partial charge in [-0.2, -0.15) is 0 Å². The molecule has 2 heterocycles. The molecular weight excluding hydrogens is 396 g/mol. The Balaban J connectivity index is 1.66. The number of nitrogens with one attached hydrogen (secondary N) is 1. The van der Waals surface area contributed by atoms with Gasteiger partial charge >= 0.3 is 12.1 Å². The van der Waals surface area contributed by atoms with E-state index in [0.29, 0.717) is 25.6 Å². The van der Waals surface area contributed by atoms with Gasteiger partial charge in [0.25, 0.3) is 0 Å². The highest BCUT2D eigenvalue weighted by molar-refractivity contribution is 6.02. The fourth-order valence-corrected chi connectivity index (χ4v) is 3.88. The quantitative estimate of drug-likeness (QED) is 0.651. The van der Waals surface area contributed by atoms with Crippen LogP contribution in [0.1, 0.15) is 53.0 Å². The van der Waals surface area contributed by atoms with Crippen LogP contribution in [0, 0.1) is 0 Å². The molecule has 1 aliphatic heterocycles. The molecule has 3 rings (SSSR count). The summed E-state index contributed by atoms with van der Waals surface area (Å²) in [5, 5.41) is 2.79. The number of hydrogen-bond acceptors (Lipinski definition) is 5. The maximum atomic E-state index is 12.6. The Morgan fingerprint density at radius 3 is 2.68 bits per heavy atom. The molecule has 0 spiro atoms. The summed E-state index contributed by atoms with van der Waals surface area (Å²) in [7, 11) is 1.81. The Bertz CT molecular complexity index is 949. The lowest BCUT2D eigenvalue weighted by molar-refractivity contribution is 0.0527. The van der Waals surface area contributed by atoms with Crippen molar-refractivity contribution in [2.45, 2.75) is 58.6 Å². The zero-order chi connectivity index (χ0) is 22.8. The summed E-state index contributed by atoms with van der Waals surface area (Å²) in [5.74, 6) is 0.446. The van der Waals surface area contributed by atoms with Gasteiger partial charge in [0.2, 0.25) is 5.95 Å². The molecule has 0 aliphatic carbocycles. The van der Waals surface area contributed by atoms with E-state index in [1.165, 1.54) is 0 Å². The number of rotatable bonds is 7. The monoisotopic (exact) mass is 430 g/mol. The minimum absolute atomic E-state index is 0.0142. The van der Waals surface area contributed by atoms with Crippen LogP contribution >= 0.6 is 0 Å². The number of carbonyl (C=O) groups excluding carboxylic acids is 2. The van der Waals surface area contributed by atoms with E-state index < -0.39 is 11.7 Å². The Hall–Kier alpha value is -2.97. The average Bonchev–Trinajstić information content (AvgIpc) is 3.18. The van der Waals surface area contributed by atoms with Gasteiger partial charge in [-0.1, -0.05) is 6.07 Å². The normalized spacial score (nSPS) is 15.6. The van der Waals surface area contributed by atoms with Crippen molar-refractivity contribution in [3.63, 3.8) is 0 Å². The highest BCUT2D eigenvalue weighted by atomic mass is 16.6. The van der Waals surface area contributed by atoms with E-state index in [0.717, 1.165) is 36.0 Å². The van der Waals surface area contributed by atoms with Crippen LogP contribution in [0.3, 0.4) is 0 Å². The third-order valence-corrected chi connectivity index (χ3v) is 5.38. The van der Waals surface area contributed by atoms with Crippen LogP contribution in [0.15, 0.2) is 18.2 Å². The number of benzene rings is 1. The zero-order valence-corrected chi connectivity index (χ0v) is 19.1. The van der Waals surface area contributed by atoms with Crippen molar-refractivity contribution in [1.29, 1.82) is 0 Å². The lowest BCUT2D eigenvalue weighted by Crippen LogP contribution is -2.33. The summed E-state index contributed by atoms with van der Waals surface area (Å²) < 4.78 is 7.28. The Morgan fingerprint density at radius 2 is 2.03 bits per heavy atom. The number of likely N-dealkylation sites (N-methyl/N-ethyl adjacent to an activating group) is 1. The summed E-state index contributed by atoms with van der Waals surface area (Å²) in [6.07, 6.45) is 2.21. The van der Waals surface area contributed by atoms with Crippen molar-refractivity contribution in [2.75, 3.05) is 37.3 Å². The number of urea groups is 1. The topological polar surface area (TPSA) is 106 Å². The number of hydrogen-bond donors (Lipinski definition) is 2. The summed E-state index contributed by atoms with van der Waals surface area (Å²) in [5.41, 5.74) is 8.30. The molecular formula is C22H34N6O3. The van der Waals surface area contributed by atoms with Crippen LogP contribution < -0.4 is 16.0 Å². The number of nitrogen functional groups attached to an aromatic ring is 1.